The molecule has 0 saturated heterocycles. The zero-order valence-electron chi connectivity index (χ0n) is 12.3. The lowest BCUT2D eigenvalue weighted by atomic mass is 10.0. The van der Waals surface area contributed by atoms with Gasteiger partial charge in [0.1, 0.15) is 11.6 Å². The molecule has 114 valence electrons. The van der Waals surface area contributed by atoms with Crippen LogP contribution in [0.15, 0.2) is 18.2 Å². The van der Waals surface area contributed by atoms with Crippen LogP contribution in [0.3, 0.4) is 0 Å². The van der Waals surface area contributed by atoms with Crippen molar-refractivity contribution in [2.45, 2.75) is 32.9 Å². The molecule has 1 N–H and O–H groups in total. The molecule has 0 aliphatic rings. The fourth-order valence-corrected chi connectivity index (χ4v) is 2.62. The van der Waals surface area contributed by atoms with E-state index in [0.717, 1.165) is 23.5 Å². The normalized spacial score (nSPS) is 12.7. The quantitative estimate of drug-likeness (QED) is 0.913. The first-order valence-electron chi connectivity index (χ1n) is 6.81. The summed E-state index contributed by atoms with van der Waals surface area (Å²) in [5, 5.41) is 7.93. The molecule has 1 aromatic carbocycles. The summed E-state index contributed by atoms with van der Waals surface area (Å²) in [6.07, 6.45) is 0.435. The van der Waals surface area contributed by atoms with Gasteiger partial charge in [0.15, 0.2) is 0 Å². The predicted octanol–water partition coefficient (Wildman–Crippen LogP) is 3.65. The Morgan fingerprint density at radius 1 is 1.38 bits per heavy atom. The summed E-state index contributed by atoms with van der Waals surface area (Å²) in [6.45, 7) is 4.46. The summed E-state index contributed by atoms with van der Waals surface area (Å²) in [5.41, 5.74) is 1.85. The Hall–Kier alpha value is -1.46. The molecule has 0 saturated carbocycles. The largest absolute Gasteiger partial charge is 0.313 e. The molecule has 1 aromatic heterocycles. The van der Waals surface area contributed by atoms with Gasteiger partial charge < -0.3 is 5.32 Å². The number of hydrogen-bond donors (Lipinski definition) is 1. The third-order valence-corrected chi connectivity index (χ3v) is 4.02. The number of rotatable bonds is 5. The maximum atomic E-state index is 13.9. The minimum Gasteiger partial charge on any atom is -0.313 e. The van der Waals surface area contributed by atoms with E-state index in [9.17, 15) is 8.78 Å². The number of likely N-dealkylation sites (N-methyl/N-ethyl adjacent to an activating group) is 1. The van der Waals surface area contributed by atoms with Gasteiger partial charge in [0, 0.05) is 24.6 Å². The smallest absolute Gasteiger partial charge is 0.128 e. The van der Waals surface area contributed by atoms with Gasteiger partial charge in [0.05, 0.1) is 16.4 Å². The summed E-state index contributed by atoms with van der Waals surface area (Å²) < 4.78 is 29.1. The van der Waals surface area contributed by atoms with E-state index in [1.807, 2.05) is 13.8 Å². The summed E-state index contributed by atoms with van der Waals surface area (Å²) in [4.78, 5) is 0. The lowest BCUT2D eigenvalue weighted by molar-refractivity contribution is 0.503. The summed E-state index contributed by atoms with van der Waals surface area (Å²) in [7, 11) is 1.71. The van der Waals surface area contributed by atoms with E-state index in [0.29, 0.717) is 18.0 Å². The molecule has 1 unspecified atom stereocenters. The Balaban J connectivity index is 2.38. The molecule has 1 heterocycles. The molecule has 21 heavy (non-hydrogen) atoms. The Morgan fingerprint density at radius 2 is 2.10 bits per heavy atom. The van der Waals surface area contributed by atoms with Crippen molar-refractivity contribution < 1.29 is 8.78 Å². The van der Waals surface area contributed by atoms with E-state index in [1.165, 1.54) is 6.07 Å². The van der Waals surface area contributed by atoms with Crippen LogP contribution < -0.4 is 5.32 Å². The summed E-state index contributed by atoms with van der Waals surface area (Å²) in [6, 6.07) is 3.08. The predicted molar refractivity (Wildman–Crippen MR) is 79.5 cm³/mol. The zero-order chi connectivity index (χ0) is 15.6. The third kappa shape index (κ3) is 3.24. The van der Waals surface area contributed by atoms with E-state index in [-0.39, 0.29) is 11.6 Å². The molecule has 0 bridgehead atoms. The van der Waals surface area contributed by atoms with E-state index in [4.69, 9.17) is 11.6 Å². The molecule has 3 nitrogen and oxygen atoms in total. The zero-order valence-corrected chi connectivity index (χ0v) is 13.0. The lowest BCUT2D eigenvalue weighted by Gasteiger charge is -2.18. The Kier molecular flexibility index (Phi) is 4.96. The molecule has 2 rings (SSSR count). The van der Waals surface area contributed by atoms with Crippen LogP contribution in [0.2, 0.25) is 5.02 Å². The second-order valence-electron chi connectivity index (χ2n) is 4.87. The molecular formula is C15H18ClF2N3. The number of nitrogens with zero attached hydrogens (tertiary/aromatic N) is 2. The van der Waals surface area contributed by atoms with Crippen molar-refractivity contribution in [3.8, 4) is 0 Å². The van der Waals surface area contributed by atoms with Crippen LogP contribution in [-0.4, -0.2) is 16.8 Å². The molecule has 0 spiro atoms. The number of nitrogens with one attached hydrogen (secondary N) is 1. The van der Waals surface area contributed by atoms with Crippen LogP contribution in [0, 0.1) is 18.6 Å². The molecule has 1 atom stereocenters. The van der Waals surface area contributed by atoms with Crippen molar-refractivity contribution in [3.63, 3.8) is 0 Å². The van der Waals surface area contributed by atoms with Crippen molar-refractivity contribution in [1.82, 2.24) is 15.1 Å². The molecule has 0 aliphatic heterocycles. The highest BCUT2D eigenvalue weighted by Gasteiger charge is 2.21. The van der Waals surface area contributed by atoms with E-state index >= 15 is 0 Å². The van der Waals surface area contributed by atoms with E-state index in [2.05, 4.69) is 10.4 Å². The van der Waals surface area contributed by atoms with Gasteiger partial charge in [-0.25, -0.2) is 8.78 Å². The molecule has 2 aromatic rings. The molecular weight excluding hydrogens is 296 g/mol. The Labute approximate surface area is 127 Å². The first kappa shape index (κ1) is 15.9. The first-order valence-corrected chi connectivity index (χ1v) is 7.19. The van der Waals surface area contributed by atoms with E-state index in [1.54, 1.807) is 11.7 Å². The number of hydrogen-bond acceptors (Lipinski definition) is 2. The maximum absolute atomic E-state index is 13.9. The van der Waals surface area contributed by atoms with Crippen molar-refractivity contribution in [3.05, 3.63) is 51.8 Å². The SMILES string of the molecule is CCn1nc(C)c(Cl)c1CC(NC)c1cc(F)ccc1F. The summed E-state index contributed by atoms with van der Waals surface area (Å²) >= 11 is 6.27. The van der Waals surface area contributed by atoms with Gasteiger partial charge in [0.2, 0.25) is 0 Å². The van der Waals surface area contributed by atoms with Crippen LogP contribution >= 0.6 is 11.6 Å². The minimum absolute atomic E-state index is 0.287. The average Bonchev–Trinajstić information content (AvgIpc) is 2.74. The highest BCUT2D eigenvalue weighted by Crippen LogP contribution is 2.27. The van der Waals surface area contributed by atoms with Gasteiger partial charge in [-0.2, -0.15) is 5.10 Å². The van der Waals surface area contributed by atoms with Gasteiger partial charge in [-0.3, -0.25) is 4.68 Å². The topological polar surface area (TPSA) is 29.9 Å². The van der Waals surface area contributed by atoms with Crippen LogP contribution in [-0.2, 0) is 13.0 Å². The second-order valence-corrected chi connectivity index (χ2v) is 5.25. The van der Waals surface area contributed by atoms with Crippen molar-refractivity contribution in [1.29, 1.82) is 0 Å². The van der Waals surface area contributed by atoms with Crippen molar-refractivity contribution in [2.24, 2.45) is 0 Å². The molecule has 0 amide bonds. The lowest BCUT2D eigenvalue weighted by Crippen LogP contribution is -2.22. The van der Waals surface area contributed by atoms with Gasteiger partial charge in [-0.05, 0) is 39.1 Å². The summed E-state index contributed by atoms with van der Waals surface area (Å²) in [5.74, 6) is -0.899. The Morgan fingerprint density at radius 3 is 2.71 bits per heavy atom. The van der Waals surface area contributed by atoms with Crippen LogP contribution in [0.4, 0.5) is 8.78 Å². The van der Waals surface area contributed by atoms with Gasteiger partial charge in [0.25, 0.3) is 0 Å². The standard InChI is InChI=1S/C15H18ClF2N3/c1-4-21-14(15(16)9(2)20-21)8-13(19-3)11-7-10(17)5-6-12(11)18/h5-7,13,19H,4,8H2,1-3H3. The average molecular weight is 314 g/mol. The maximum Gasteiger partial charge on any atom is 0.128 e. The van der Waals surface area contributed by atoms with Crippen molar-refractivity contribution >= 4 is 11.6 Å². The monoisotopic (exact) mass is 313 g/mol. The Bertz CT molecular complexity index is 640. The van der Waals surface area contributed by atoms with Crippen LogP contribution in [0.5, 0.6) is 0 Å². The number of aryl methyl sites for hydroxylation is 2. The third-order valence-electron chi connectivity index (χ3n) is 3.53. The highest BCUT2D eigenvalue weighted by molar-refractivity contribution is 6.31. The van der Waals surface area contributed by atoms with Gasteiger partial charge >= 0.3 is 0 Å². The number of aromatic nitrogens is 2. The number of benzene rings is 1. The van der Waals surface area contributed by atoms with Gasteiger partial charge in [-0.15, -0.1) is 0 Å². The minimum atomic E-state index is -0.460. The molecule has 0 aliphatic carbocycles. The fourth-order valence-electron chi connectivity index (χ4n) is 2.41. The number of halogens is 3. The van der Waals surface area contributed by atoms with Gasteiger partial charge in [-0.1, -0.05) is 11.6 Å². The van der Waals surface area contributed by atoms with Crippen molar-refractivity contribution in [2.75, 3.05) is 7.05 Å². The second kappa shape index (κ2) is 6.54. The molecule has 0 radical (unpaired) electrons. The van der Waals surface area contributed by atoms with Crippen LogP contribution in [0.1, 0.15) is 29.9 Å². The highest BCUT2D eigenvalue weighted by atomic mass is 35.5. The molecule has 0 fully saturated rings. The van der Waals surface area contributed by atoms with E-state index < -0.39 is 11.6 Å². The fraction of sp³-hybridized carbons (Fsp3) is 0.400. The van der Waals surface area contributed by atoms with Crippen LogP contribution in [0.25, 0.3) is 0 Å². The molecule has 6 heteroatoms. The first-order chi connectivity index (χ1) is 9.97.